The maximum absolute atomic E-state index is 14.4. The van der Waals surface area contributed by atoms with E-state index in [2.05, 4.69) is 23.5 Å². The lowest BCUT2D eigenvalue weighted by Crippen LogP contribution is -2.54. The van der Waals surface area contributed by atoms with Crippen molar-refractivity contribution in [3.8, 4) is 18.1 Å². The lowest BCUT2D eigenvalue weighted by molar-refractivity contribution is -0.142. The summed E-state index contributed by atoms with van der Waals surface area (Å²) in [6, 6.07) is 11.5. The topological polar surface area (TPSA) is 108 Å². The summed E-state index contributed by atoms with van der Waals surface area (Å²) in [5.74, 6) is 1.99. The van der Waals surface area contributed by atoms with Crippen LogP contribution in [-0.4, -0.2) is 52.6 Å². The van der Waals surface area contributed by atoms with E-state index in [1.165, 1.54) is 17.0 Å². The molecule has 0 aliphatic carbocycles. The van der Waals surface area contributed by atoms with Gasteiger partial charge in [-0.05, 0) is 62.9 Å². The number of carbonyl (C=O) groups excluding carboxylic acids is 3. The van der Waals surface area contributed by atoms with Crippen molar-refractivity contribution in [3.63, 3.8) is 0 Å². The van der Waals surface area contributed by atoms with Gasteiger partial charge in [-0.3, -0.25) is 9.59 Å². The molecule has 41 heavy (non-hydrogen) atoms. The number of phenols is 1. The van der Waals surface area contributed by atoms with Gasteiger partial charge in [0.15, 0.2) is 0 Å². The molecule has 0 saturated carbocycles. The van der Waals surface area contributed by atoms with Crippen molar-refractivity contribution in [3.05, 3.63) is 65.2 Å². The smallest absolute Gasteiger partial charge is 0.408 e. The van der Waals surface area contributed by atoms with Crippen LogP contribution in [0.3, 0.4) is 0 Å². The fourth-order valence-electron chi connectivity index (χ4n) is 4.41. The van der Waals surface area contributed by atoms with E-state index in [4.69, 9.17) is 11.2 Å². The molecule has 0 aromatic heterocycles. The first-order valence-electron chi connectivity index (χ1n) is 14.4. The largest absolute Gasteiger partial charge is 0.508 e. The van der Waals surface area contributed by atoms with Crippen LogP contribution < -0.4 is 10.6 Å². The third-order valence-corrected chi connectivity index (χ3v) is 6.45. The number of aromatic hydroxyl groups is 1. The molecular formula is C33H45N3O5. The van der Waals surface area contributed by atoms with Gasteiger partial charge in [0.05, 0.1) is 0 Å². The minimum atomic E-state index is -1.04. The fourth-order valence-corrected chi connectivity index (χ4v) is 4.41. The standard InChI is InChI=1S/C33H45N3O5/c1-7-10-14-21-34-30(38)29(27-16-13-12-15-25(27)9-3)36(22-11-8-2)31(39)28(35-32(40)41-33(4,5)6)23-24-17-19-26(37)20-18-24/h3,12-13,15-20,28-29,37H,7-8,10-11,14,21-23H2,1-2,4-6H3,(H,34,38)(H,35,40). The molecule has 8 heteroatoms. The number of rotatable bonds is 14. The van der Waals surface area contributed by atoms with Gasteiger partial charge in [0.2, 0.25) is 11.8 Å². The average Bonchev–Trinajstić information content (AvgIpc) is 2.92. The van der Waals surface area contributed by atoms with Crippen LogP contribution in [0.5, 0.6) is 5.75 Å². The predicted molar refractivity (Wildman–Crippen MR) is 161 cm³/mol. The number of nitrogens with one attached hydrogen (secondary N) is 2. The molecule has 0 aliphatic rings. The Morgan fingerprint density at radius 2 is 1.66 bits per heavy atom. The average molecular weight is 564 g/mol. The van der Waals surface area contributed by atoms with Crippen LogP contribution in [0.4, 0.5) is 4.79 Å². The molecule has 2 unspecified atom stereocenters. The van der Waals surface area contributed by atoms with E-state index in [1.54, 1.807) is 57.2 Å². The highest BCUT2D eigenvalue weighted by Crippen LogP contribution is 2.27. The molecule has 0 bridgehead atoms. The van der Waals surface area contributed by atoms with Gasteiger partial charge in [-0.15, -0.1) is 6.42 Å². The van der Waals surface area contributed by atoms with Crippen molar-refractivity contribution in [2.24, 2.45) is 0 Å². The third kappa shape index (κ3) is 10.8. The Hall–Kier alpha value is -3.99. The zero-order valence-corrected chi connectivity index (χ0v) is 25.0. The van der Waals surface area contributed by atoms with Crippen molar-refractivity contribution >= 4 is 17.9 Å². The van der Waals surface area contributed by atoms with Crippen LogP contribution in [0.15, 0.2) is 48.5 Å². The van der Waals surface area contributed by atoms with Gasteiger partial charge in [-0.1, -0.05) is 69.4 Å². The van der Waals surface area contributed by atoms with Crippen LogP contribution >= 0.6 is 0 Å². The number of nitrogens with zero attached hydrogens (tertiary/aromatic N) is 1. The number of alkyl carbamates (subject to hydrolysis) is 1. The van der Waals surface area contributed by atoms with Gasteiger partial charge in [-0.2, -0.15) is 0 Å². The van der Waals surface area contributed by atoms with Crippen molar-refractivity contribution in [1.29, 1.82) is 0 Å². The van der Waals surface area contributed by atoms with Gasteiger partial charge < -0.3 is 25.4 Å². The predicted octanol–water partition coefficient (Wildman–Crippen LogP) is 5.49. The number of unbranched alkanes of at least 4 members (excludes halogenated alkanes) is 3. The minimum Gasteiger partial charge on any atom is -0.508 e. The van der Waals surface area contributed by atoms with Crippen LogP contribution in [-0.2, 0) is 20.7 Å². The van der Waals surface area contributed by atoms with E-state index in [0.29, 0.717) is 24.1 Å². The number of hydrogen-bond acceptors (Lipinski definition) is 5. The molecule has 0 fully saturated rings. The summed E-state index contributed by atoms with van der Waals surface area (Å²) >= 11 is 0. The molecule has 2 aromatic carbocycles. The van der Waals surface area contributed by atoms with E-state index in [-0.39, 0.29) is 24.6 Å². The van der Waals surface area contributed by atoms with Gasteiger partial charge in [0.1, 0.15) is 23.4 Å². The summed E-state index contributed by atoms with van der Waals surface area (Å²) in [5.41, 5.74) is 1.01. The maximum atomic E-state index is 14.4. The summed E-state index contributed by atoms with van der Waals surface area (Å²) in [4.78, 5) is 42.6. The second-order valence-electron chi connectivity index (χ2n) is 11.1. The quantitative estimate of drug-likeness (QED) is 0.208. The number of phenolic OH excluding ortho intramolecular Hbond substituents is 1. The Labute approximate surface area is 244 Å². The Kier molecular flexibility index (Phi) is 13.2. The van der Waals surface area contributed by atoms with Gasteiger partial charge in [0.25, 0.3) is 0 Å². The molecule has 8 nitrogen and oxygen atoms in total. The van der Waals surface area contributed by atoms with Crippen molar-refractivity contribution in [2.75, 3.05) is 13.1 Å². The number of amides is 3. The summed E-state index contributed by atoms with van der Waals surface area (Å²) < 4.78 is 5.47. The fraction of sp³-hybridized carbons (Fsp3) is 0.485. The van der Waals surface area contributed by atoms with E-state index in [0.717, 1.165) is 31.2 Å². The van der Waals surface area contributed by atoms with E-state index in [9.17, 15) is 19.5 Å². The second kappa shape index (κ2) is 16.3. The Morgan fingerprint density at radius 1 is 1.00 bits per heavy atom. The molecule has 0 heterocycles. The second-order valence-corrected chi connectivity index (χ2v) is 11.1. The Balaban J connectivity index is 2.56. The zero-order chi connectivity index (χ0) is 30.4. The molecule has 0 saturated heterocycles. The van der Waals surface area contributed by atoms with Crippen molar-refractivity contribution in [1.82, 2.24) is 15.5 Å². The first-order valence-corrected chi connectivity index (χ1v) is 14.4. The number of hydrogen-bond donors (Lipinski definition) is 3. The molecule has 0 spiro atoms. The number of ether oxygens (including phenoxy) is 1. The zero-order valence-electron chi connectivity index (χ0n) is 25.0. The lowest BCUT2D eigenvalue weighted by atomic mass is 9.96. The Morgan fingerprint density at radius 3 is 2.27 bits per heavy atom. The van der Waals surface area contributed by atoms with Gasteiger partial charge >= 0.3 is 6.09 Å². The van der Waals surface area contributed by atoms with Crippen molar-refractivity contribution in [2.45, 2.75) is 90.8 Å². The molecular weight excluding hydrogens is 518 g/mol. The lowest BCUT2D eigenvalue weighted by Gasteiger charge is -2.35. The molecule has 222 valence electrons. The van der Waals surface area contributed by atoms with Crippen molar-refractivity contribution < 1.29 is 24.2 Å². The number of carbonyl (C=O) groups is 3. The van der Waals surface area contributed by atoms with Crippen LogP contribution in [0.2, 0.25) is 0 Å². The highest BCUT2D eigenvalue weighted by atomic mass is 16.6. The first-order chi connectivity index (χ1) is 19.5. The Bertz CT molecular complexity index is 1180. The summed E-state index contributed by atoms with van der Waals surface area (Å²) in [5, 5.41) is 15.5. The van der Waals surface area contributed by atoms with Crippen LogP contribution in [0.1, 0.15) is 89.5 Å². The van der Waals surface area contributed by atoms with Crippen LogP contribution in [0, 0.1) is 12.3 Å². The van der Waals surface area contributed by atoms with Gasteiger partial charge in [-0.25, -0.2) is 4.79 Å². The molecule has 2 rings (SSSR count). The molecule has 3 N–H and O–H groups in total. The minimum absolute atomic E-state index is 0.0898. The molecule has 2 atom stereocenters. The molecule has 3 amide bonds. The summed E-state index contributed by atoms with van der Waals surface area (Å²) in [6.07, 6.45) is 9.44. The molecule has 0 aliphatic heterocycles. The van der Waals surface area contributed by atoms with Crippen LogP contribution in [0.25, 0.3) is 0 Å². The summed E-state index contributed by atoms with van der Waals surface area (Å²) in [6.45, 7) is 10.1. The molecule has 2 aromatic rings. The molecule has 0 radical (unpaired) electrons. The third-order valence-electron chi connectivity index (χ3n) is 6.45. The first kappa shape index (κ1) is 33.2. The van der Waals surface area contributed by atoms with E-state index < -0.39 is 29.7 Å². The number of terminal acetylenes is 1. The number of benzene rings is 2. The highest BCUT2D eigenvalue weighted by molar-refractivity contribution is 5.92. The summed E-state index contributed by atoms with van der Waals surface area (Å²) in [7, 11) is 0. The monoisotopic (exact) mass is 563 g/mol. The van der Waals surface area contributed by atoms with E-state index >= 15 is 0 Å². The van der Waals surface area contributed by atoms with Gasteiger partial charge in [0, 0.05) is 25.1 Å². The highest BCUT2D eigenvalue weighted by Gasteiger charge is 2.37. The SMILES string of the molecule is C#Cc1ccccc1C(C(=O)NCCCCC)N(CCCC)C(=O)C(Cc1ccc(O)cc1)NC(=O)OC(C)(C)C. The van der Waals surface area contributed by atoms with E-state index in [1.807, 2.05) is 6.92 Å². The maximum Gasteiger partial charge on any atom is 0.408 e. The normalized spacial score (nSPS) is 12.5.